The molecule has 0 saturated heterocycles. The fourth-order valence-corrected chi connectivity index (χ4v) is 2.08. The Morgan fingerprint density at radius 2 is 1.85 bits per heavy atom. The molecule has 20 heavy (non-hydrogen) atoms. The van der Waals surface area contributed by atoms with Gasteiger partial charge in [0.15, 0.2) is 0 Å². The summed E-state index contributed by atoms with van der Waals surface area (Å²) in [5.74, 6) is 1.40. The molecule has 0 atom stereocenters. The molecule has 0 saturated carbocycles. The van der Waals surface area contributed by atoms with Crippen LogP contribution in [0.2, 0.25) is 0 Å². The van der Waals surface area contributed by atoms with Crippen molar-refractivity contribution >= 4 is 5.84 Å². The number of hydrogen-bond acceptors (Lipinski definition) is 2. The summed E-state index contributed by atoms with van der Waals surface area (Å²) < 4.78 is 5.86. The van der Waals surface area contributed by atoms with Gasteiger partial charge in [0.1, 0.15) is 17.3 Å². The van der Waals surface area contributed by atoms with Gasteiger partial charge in [-0.3, -0.25) is 5.41 Å². The standard InChI is InChI=1S/C17H20N2O/c1-3-4-13-6-8-14(9-7-13)20-16-11-12(2)5-10-15(16)17(18)19/h5-11H,3-4H2,1-2H3,(H3,18,19). The highest BCUT2D eigenvalue weighted by atomic mass is 16.5. The molecule has 2 aromatic rings. The summed E-state index contributed by atoms with van der Waals surface area (Å²) in [4.78, 5) is 0. The molecule has 0 spiro atoms. The maximum atomic E-state index is 7.60. The maximum Gasteiger partial charge on any atom is 0.138 e. The lowest BCUT2D eigenvalue weighted by molar-refractivity contribution is 0.481. The molecule has 0 fully saturated rings. The minimum Gasteiger partial charge on any atom is -0.457 e. The summed E-state index contributed by atoms with van der Waals surface area (Å²) in [5.41, 5.74) is 8.58. The number of benzene rings is 2. The zero-order chi connectivity index (χ0) is 14.5. The Morgan fingerprint density at radius 3 is 2.45 bits per heavy atom. The fraction of sp³-hybridized carbons (Fsp3) is 0.235. The van der Waals surface area contributed by atoms with E-state index in [9.17, 15) is 0 Å². The lowest BCUT2D eigenvalue weighted by Gasteiger charge is -2.11. The van der Waals surface area contributed by atoms with Crippen LogP contribution in [-0.2, 0) is 6.42 Å². The van der Waals surface area contributed by atoms with Crippen molar-refractivity contribution in [3.05, 3.63) is 59.2 Å². The van der Waals surface area contributed by atoms with E-state index < -0.39 is 0 Å². The van der Waals surface area contributed by atoms with E-state index in [0.717, 1.165) is 24.2 Å². The van der Waals surface area contributed by atoms with Crippen molar-refractivity contribution in [1.29, 1.82) is 5.41 Å². The number of nitrogens with two attached hydrogens (primary N) is 1. The summed E-state index contributed by atoms with van der Waals surface area (Å²) in [6.45, 7) is 4.15. The summed E-state index contributed by atoms with van der Waals surface area (Å²) in [6.07, 6.45) is 2.20. The third-order valence-electron chi connectivity index (χ3n) is 3.12. The van der Waals surface area contributed by atoms with Crippen LogP contribution in [-0.4, -0.2) is 5.84 Å². The quantitative estimate of drug-likeness (QED) is 0.635. The minimum atomic E-state index is 0.0163. The molecule has 104 valence electrons. The van der Waals surface area contributed by atoms with Gasteiger partial charge in [-0.25, -0.2) is 0 Å². The van der Waals surface area contributed by atoms with Crippen molar-refractivity contribution in [1.82, 2.24) is 0 Å². The van der Waals surface area contributed by atoms with E-state index in [-0.39, 0.29) is 5.84 Å². The molecule has 0 amide bonds. The minimum absolute atomic E-state index is 0.0163. The molecule has 0 aliphatic rings. The maximum absolute atomic E-state index is 7.60. The molecule has 3 heteroatoms. The molecular formula is C17H20N2O. The molecule has 0 aliphatic heterocycles. The van der Waals surface area contributed by atoms with E-state index in [0.29, 0.717) is 11.3 Å². The number of amidine groups is 1. The first-order chi connectivity index (χ1) is 9.60. The first-order valence-electron chi connectivity index (χ1n) is 6.82. The molecule has 2 rings (SSSR count). The van der Waals surface area contributed by atoms with E-state index in [4.69, 9.17) is 15.9 Å². The van der Waals surface area contributed by atoms with Gasteiger partial charge in [0.05, 0.1) is 5.56 Å². The molecular weight excluding hydrogens is 248 g/mol. The highest BCUT2D eigenvalue weighted by Crippen LogP contribution is 2.26. The topological polar surface area (TPSA) is 59.1 Å². The summed E-state index contributed by atoms with van der Waals surface area (Å²) in [6, 6.07) is 13.7. The number of nitrogen functional groups attached to an aromatic ring is 1. The van der Waals surface area contributed by atoms with Gasteiger partial charge in [0.2, 0.25) is 0 Å². The van der Waals surface area contributed by atoms with Gasteiger partial charge < -0.3 is 10.5 Å². The van der Waals surface area contributed by atoms with Crippen molar-refractivity contribution in [2.24, 2.45) is 5.73 Å². The molecule has 2 aromatic carbocycles. The van der Waals surface area contributed by atoms with Crippen LogP contribution in [0.4, 0.5) is 0 Å². The Hall–Kier alpha value is -2.29. The number of nitrogens with one attached hydrogen (secondary N) is 1. The van der Waals surface area contributed by atoms with Crippen molar-refractivity contribution in [2.75, 3.05) is 0 Å². The number of rotatable bonds is 5. The fourth-order valence-electron chi connectivity index (χ4n) is 2.08. The smallest absolute Gasteiger partial charge is 0.138 e. The predicted molar refractivity (Wildman–Crippen MR) is 82.7 cm³/mol. The van der Waals surface area contributed by atoms with E-state index in [2.05, 4.69) is 19.1 Å². The van der Waals surface area contributed by atoms with Gasteiger partial charge >= 0.3 is 0 Å². The van der Waals surface area contributed by atoms with Gasteiger partial charge in [-0.2, -0.15) is 0 Å². The highest BCUT2D eigenvalue weighted by molar-refractivity contribution is 5.97. The summed E-state index contributed by atoms with van der Waals surface area (Å²) in [7, 11) is 0. The van der Waals surface area contributed by atoms with E-state index in [1.54, 1.807) is 0 Å². The number of ether oxygens (including phenoxy) is 1. The van der Waals surface area contributed by atoms with Crippen molar-refractivity contribution in [3.63, 3.8) is 0 Å². The van der Waals surface area contributed by atoms with Crippen LogP contribution in [0.3, 0.4) is 0 Å². The predicted octanol–water partition coefficient (Wildman–Crippen LogP) is 4.02. The number of aryl methyl sites for hydroxylation is 2. The number of hydrogen-bond donors (Lipinski definition) is 2. The Bertz CT molecular complexity index is 603. The van der Waals surface area contributed by atoms with Crippen LogP contribution >= 0.6 is 0 Å². The lowest BCUT2D eigenvalue weighted by Crippen LogP contribution is -2.12. The Kier molecular flexibility index (Phi) is 4.41. The van der Waals surface area contributed by atoms with Crippen LogP contribution in [0.15, 0.2) is 42.5 Å². The SMILES string of the molecule is CCCc1ccc(Oc2cc(C)ccc2C(=N)N)cc1. The van der Waals surface area contributed by atoms with Gasteiger partial charge in [0.25, 0.3) is 0 Å². The monoisotopic (exact) mass is 268 g/mol. The second-order valence-corrected chi connectivity index (χ2v) is 4.91. The molecule has 0 unspecified atom stereocenters. The molecule has 0 aromatic heterocycles. The van der Waals surface area contributed by atoms with Gasteiger partial charge in [0, 0.05) is 0 Å². The normalized spacial score (nSPS) is 10.3. The molecule has 0 heterocycles. The first-order valence-corrected chi connectivity index (χ1v) is 6.82. The van der Waals surface area contributed by atoms with Crippen molar-refractivity contribution in [2.45, 2.75) is 26.7 Å². The Balaban J connectivity index is 2.25. The molecule has 3 nitrogen and oxygen atoms in total. The largest absolute Gasteiger partial charge is 0.457 e. The van der Waals surface area contributed by atoms with E-state index >= 15 is 0 Å². The van der Waals surface area contributed by atoms with Crippen LogP contribution in [0.25, 0.3) is 0 Å². The van der Waals surface area contributed by atoms with Gasteiger partial charge in [-0.1, -0.05) is 31.5 Å². The van der Waals surface area contributed by atoms with Crippen molar-refractivity contribution in [3.8, 4) is 11.5 Å². The molecule has 0 aliphatic carbocycles. The van der Waals surface area contributed by atoms with Gasteiger partial charge in [-0.05, 0) is 48.7 Å². The van der Waals surface area contributed by atoms with Gasteiger partial charge in [-0.15, -0.1) is 0 Å². The highest BCUT2D eigenvalue weighted by Gasteiger charge is 2.08. The molecule has 3 N–H and O–H groups in total. The van der Waals surface area contributed by atoms with Crippen LogP contribution in [0.5, 0.6) is 11.5 Å². The summed E-state index contributed by atoms with van der Waals surface area (Å²) in [5, 5.41) is 7.60. The third kappa shape index (κ3) is 3.38. The van der Waals surface area contributed by atoms with Crippen LogP contribution in [0.1, 0.15) is 30.0 Å². The van der Waals surface area contributed by atoms with E-state index in [1.165, 1.54) is 5.56 Å². The van der Waals surface area contributed by atoms with Crippen molar-refractivity contribution < 1.29 is 4.74 Å². The lowest BCUT2D eigenvalue weighted by atomic mass is 10.1. The van der Waals surface area contributed by atoms with Crippen LogP contribution < -0.4 is 10.5 Å². The van der Waals surface area contributed by atoms with Crippen LogP contribution in [0, 0.1) is 12.3 Å². The third-order valence-corrected chi connectivity index (χ3v) is 3.12. The summed E-state index contributed by atoms with van der Waals surface area (Å²) >= 11 is 0. The Morgan fingerprint density at radius 1 is 1.15 bits per heavy atom. The zero-order valence-electron chi connectivity index (χ0n) is 11.9. The Labute approximate surface area is 119 Å². The second-order valence-electron chi connectivity index (χ2n) is 4.91. The molecule has 0 radical (unpaired) electrons. The first kappa shape index (κ1) is 14.1. The molecule has 0 bridgehead atoms. The zero-order valence-corrected chi connectivity index (χ0v) is 11.9. The second kappa shape index (κ2) is 6.24. The average Bonchev–Trinajstić information content (AvgIpc) is 2.41. The van der Waals surface area contributed by atoms with E-state index in [1.807, 2.05) is 37.3 Å². The average molecular weight is 268 g/mol.